The van der Waals surface area contributed by atoms with Gasteiger partial charge in [0.25, 0.3) is 0 Å². The molecule has 1 aliphatic carbocycles. The zero-order valence-electron chi connectivity index (χ0n) is 9.15. The summed E-state index contributed by atoms with van der Waals surface area (Å²) in [6.45, 7) is 1.72. The van der Waals surface area contributed by atoms with E-state index in [2.05, 4.69) is 4.90 Å². The van der Waals surface area contributed by atoms with E-state index in [9.17, 15) is 5.11 Å². The predicted molar refractivity (Wildman–Crippen MR) is 56.1 cm³/mol. The van der Waals surface area contributed by atoms with Crippen molar-refractivity contribution >= 4 is 0 Å². The molecule has 0 aliphatic heterocycles. The lowest BCUT2D eigenvalue weighted by Crippen LogP contribution is -2.44. The Labute approximate surface area is 86.0 Å². The van der Waals surface area contributed by atoms with Crippen LogP contribution in [0.25, 0.3) is 0 Å². The average molecular weight is 202 g/mol. The van der Waals surface area contributed by atoms with Crippen molar-refractivity contribution in [3.05, 3.63) is 0 Å². The maximum atomic E-state index is 9.56. The van der Waals surface area contributed by atoms with Crippen molar-refractivity contribution in [2.45, 2.75) is 25.0 Å². The normalized spacial score (nSPS) is 21.2. The van der Waals surface area contributed by atoms with E-state index in [1.807, 2.05) is 7.05 Å². The summed E-state index contributed by atoms with van der Waals surface area (Å²) in [5.74, 6) is 0.750. The van der Waals surface area contributed by atoms with Crippen LogP contribution in [0.3, 0.4) is 0 Å². The molecule has 1 aliphatic rings. The fourth-order valence-electron chi connectivity index (χ4n) is 1.93. The van der Waals surface area contributed by atoms with Crippen LogP contribution in [0.5, 0.6) is 0 Å². The highest BCUT2D eigenvalue weighted by molar-refractivity contribution is 4.88. The van der Waals surface area contributed by atoms with Crippen molar-refractivity contribution in [1.29, 1.82) is 0 Å². The van der Waals surface area contributed by atoms with Gasteiger partial charge in [0, 0.05) is 26.2 Å². The molecule has 2 unspecified atom stereocenters. The molecule has 0 spiro atoms. The van der Waals surface area contributed by atoms with Crippen LogP contribution in [0.1, 0.15) is 12.8 Å². The van der Waals surface area contributed by atoms with Gasteiger partial charge in [-0.2, -0.15) is 0 Å². The van der Waals surface area contributed by atoms with Crippen molar-refractivity contribution in [1.82, 2.24) is 4.90 Å². The maximum absolute atomic E-state index is 9.56. The molecule has 1 fully saturated rings. The van der Waals surface area contributed by atoms with Crippen molar-refractivity contribution in [2.75, 3.05) is 33.9 Å². The molecule has 0 bridgehead atoms. The lowest BCUT2D eigenvalue weighted by molar-refractivity contribution is 0.0327. The van der Waals surface area contributed by atoms with Gasteiger partial charge in [-0.3, -0.25) is 4.90 Å². The Morgan fingerprint density at radius 1 is 1.57 bits per heavy atom. The Kier molecular flexibility index (Phi) is 4.81. The zero-order valence-corrected chi connectivity index (χ0v) is 9.15. The van der Waals surface area contributed by atoms with Crippen molar-refractivity contribution in [2.24, 2.45) is 11.7 Å². The number of hydrogen-bond acceptors (Lipinski definition) is 4. The van der Waals surface area contributed by atoms with Gasteiger partial charge in [0.2, 0.25) is 0 Å². The second-order valence-electron chi connectivity index (χ2n) is 4.19. The number of hydrogen-bond donors (Lipinski definition) is 2. The highest BCUT2D eigenvalue weighted by Crippen LogP contribution is 2.34. The molecule has 4 nitrogen and oxygen atoms in total. The molecule has 4 heteroatoms. The van der Waals surface area contributed by atoms with E-state index in [0.717, 1.165) is 5.92 Å². The van der Waals surface area contributed by atoms with Crippen molar-refractivity contribution < 1.29 is 9.84 Å². The largest absolute Gasteiger partial charge is 0.389 e. The second kappa shape index (κ2) is 5.66. The van der Waals surface area contributed by atoms with Crippen LogP contribution in [0.15, 0.2) is 0 Å². The number of aliphatic hydroxyl groups is 1. The molecular formula is C10H22N2O2. The van der Waals surface area contributed by atoms with Crippen molar-refractivity contribution in [3.8, 4) is 0 Å². The molecule has 0 radical (unpaired) electrons. The summed E-state index contributed by atoms with van der Waals surface area (Å²) in [6, 6.07) is 0.432. The smallest absolute Gasteiger partial charge is 0.0900 e. The van der Waals surface area contributed by atoms with E-state index >= 15 is 0 Å². The molecule has 0 aromatic heterocycles. The summed E-state index contributed by atoms with van der Waals surface area (Å²) in [5.41, 5.74) is 5.71. The zero-order chi connectivity index (χ0) is 10.6. The average Bonchev–Trinajstić information content (AvgIpc) is 2.89. The summed E-state index contributed by atoms with van der Waals surface area (Å²) in [7, 11) is 3.62. The predicted octanol–water partition coefficient (Wildman–Crippen LogP) is -0.337. The first-order valence-electron chi connectivity index (χ1n) is 5.26. The Morgan fingerprint density at radius 3 is 2.64 bits per heavy atom. The first kappa shape index (κ1) is 11.9. The van der Waals surface area contributed by atoms with Crippen LogP contribution in [0.2, 0.25) is 0 Å². The van der Waals surface area contributed by atoms with E-state index < -0.39 is 6.10 Å². The van der Waals surface area contributed by atoms with Crippen LogP contribution < -0.4 is 5.73 Å². The minimum Gasteiger partial charge on any atom is -0.389 e. The minimum absolute atomic E-state index is 0.395. The SMILES string of the molecule is COCC(O)CN(C)C(CN)C1CC1. The third-order valence-corrected chi connectivity index (χ3v) is 2.83. The van der Waals surface area contributed by atoms with Gasteiger partial charge in [-0.15, -0.1) is 0 Å². The summed E-state index contributed by atoms with van der Waals surface area (Å²) in [5, 5.41) is 9.56. The molecule has 1 rings (SSSR count). The Bertz CT molecular complexity index is 162. The van der Waals surface area contributed by atoms with E-state index in [0.29, 0.717) is 25.7 Å². The molecule has 0 aromatic carbocycles. The van der Waals surface area contributed by atoms with Gasteiger partial charge in [0.15, 0.2) is 0 Å². The fraction of sp³-hybridized carbons (Fsp3) is 1.00. The number of nitrogens with zero attached hydrogens (tertiary/aromatic N) is 1. The van der Waals surface area contributed by atoms with Crippen LogP contribution in [-0.2, 0) is 4.74 Å². The molecule has 0 amide bonds. The van der Waals surface area contributed by atoms with Gasteiger partial charge in [-0.05, 0) is 25.8 Å². The molecule has 14 heavy (non-hydrogen) atoms. The number of methoxy groups -OCH3 is 1. The summed E-state index contributed by atoms with van der Waals surface area (Å²) < 4.78 is 4.89. The number of likely N-dealkylation sites (N-methyl/N-ethyl adjacent to an activating group) is 1. The topological polar surface area (TPSA) is 58.7 Å². The number of nitrogens with two attached hydrogens (primary N) is 1. The maximum Gasteiger partial charge on any atom is 0.0900 e. The van der Waals surface area contributed by atoms with Gasteiger partial charge >= 0.3 is 0 Å². The summed E-state index contributed by atoms with van der Waals surface area (Å²) >= 11 is 0. The monoisotopic (exact) mass is 202 g/mol. The standard InChI is InChI=1S/C10H22N2O2/c1-12(6-9(13)7-14-2)10(5-11)8-3-4-8/h8-10,13H,3-7,11H2,1-2H3. The van der Waals surface area contributed by atoms with Crippen LogP contribution in [-0.4, -0.2) is 56.0 Å². The van der Waals surface area contributed by atoms with Gasteiger partial charge in [0.05, 0.1) is 12.7 Å². The third kappa shape index (κ3) is 3.53. The van der Waals surface area contributed by atoms with Gasteiger partial charge < -0.3 is 15.6 Å². The van der Waals surface area contributed by atoms with Gasteiger partial charge in [0.1, 0.15) is 0 Å². The summed E-state index contributed by atoms with van der Waals surface area (Å²) in [4.78, 5) is 2.15. The Hall–Kier alpha value is -0.160. The van der Waals surface area contributed by atoms with Gasteiger partial charge in [-0.1, -0.05) is 0 Å². The molecule has 0 saturated heterocycles. The third-order valence-electron chi connectivity index (χ3n) is 2.83. The van der Waals surface area contributed by atoms with E-state index in [-0.39, 0.29) is 0 Å². The quantitative estimate of drug-likeness (QED) is 0.593. The molecular weight excluding hydrogens is 180 g/mol. The molecule has 2 atom stereocenters. The first-order chi connectivity index (χ1) is 6.69. The molecule has 1 saturated carbocycles. The van der Waals surface area contributed by atoms with Crippen LogP contribution in [0.4, 0.5) is 0 Å². The Morgan fingerprint density at radius 2 is 2.21 bits per heavy atom. The first-order valence-corrected chi connectivity index (χ1v) is 5.26. The van der Waals surface area contributed by atoms with E-state index in [1.54, 1.807) is 7.11 Å². The fourth-order valence-corrected chi connectivity index (χ4v) is 1.93. The summed E-state index contributed by atoms with van der Waals surface area (Å²) in [6.07, 6.45) is 2.16. The highest BCUT2D eigenvalue weighted by atomic mass is 16.5. The lowest BCUT2D eigenvalue weighted by atomic mass is 10.1. The van der Waals surface area contributed by atoms with Crippen LogP contribution >= 0.6 is 0 Å². The molecule has 84 valence electrons. The highest BCUT2D eigenvalue weighted by Gasteiger charge is 2.33. The molecule has 0 aromatic rings. The van der Waals surface area contributed by atoms with Crippen LogP contribution in [0, 0.1) is 5.92 Å². The molecule has 0 heterocycles. The number of rotatable bonds is 7. The number of ether oxygens (including phenoxy) is 1. The minimum atomic E-state index is -0.405. The van der Waals surface area contributed by atoms with E-state index in [1.165, 1.54) is 12.8 Å². The lowest BCUT2D eigenvalue weighted by Gasteiger charge is -2.28. The second-order valence-corrected chi connectivity index (χ2v) is 4.19. The van der Waals surface area contributed by atoms with E-state index in [4.69, 9.17) is 10.5 Å². The van der Waals surface area contributed by atoms with Gasteiger partial charge in [-0.25, -0.2) is 0 Å². The number of aliphatic hydroxyl groups excluding tert-OH is 1. The Balaban J connectivity index is 2.27. The molecule has 3 N–H and O–H groups in total. The van der Waals surface area contributed by atoms with Crippen molar-refractivity contribution in [3.63, 3.8) is 0 Å².